The Morgan fingerprint density at radius 3 is 2.34 bits per heavy atom. The maximum absolute atomic E-state index is 13.4. The molecule has 1 aromatic carbocycles. The molecular formula is C25H33N7O5S. The van der Waals surface area contributed by atoms with E-state index in [1.165, 1.54) is 12.5 Å². The summed E-state index contributed by atoms with van der Waals surface area (Å²) in [5.41, 5.74) is 8.00. The van der Waals surface area contributed by atoms with Crippen molar-refractivity contribution in [1.29, 1.82) is 0 Å². The van der Waals surface area contributed by atoms with E-state index < -0.39 is 47.9 Å². The van der Waals surface area contributed by atoms with E-state index in [4.69, 9.17) is 5.73 Å². The number of amides is 3. The van der Waals surface area contributed by atoms with Crippen molar-refractivity contribution in [2.75, 3.05) is 5.75 Å². The Balaban J connectivity index is 1.79. The van der Waals surface area contributed by atoms with Crippen LogP contribution in [0.15, 0.2) is 43.0 Å². The van der Waals surface area contributed by atoms with E-state index in [1.54, 1.807) is 20.0 Å². The van der Waals surface area contributed by atoms with E-state index in [2.05, 4.69) is 43.5 Å². The minimum atomic E-state index is -1.24. The van der Waals surface area contributed by atoms with Crippen LogP contribution in [-0.2, 0) is 32.0 Å². The normalized spacial score (nSPS) is 14.4. The number of para-hydroxylation sites is 1. The lowest BCUT2D eigenvalue weighted by atomic mass is 10.00. The van der Waals surface area contributed by atoms with Gasteiger partial charge in [-0.3, -0.25) is 14.4 Å². The predicted molar refractivity (Wildman–Crippen MR) is 144 cm³/mol. The molecule has 0 fully saturated rings. The number of imidazole rings is 1. The number of hydrogen-bond donors (Lipinski definition) is 8. The number of hydrogen-bond acceptors (Lipinski definition) is 7. The minimum Gasteiger partial charge on any atom is -0.480 e. The van der Waals surface area contributed by atoms with E-state index in [0.29, 0.717) is 5.69 Å². The molecule has 3 rings (SSSR count). The summed E-state index contributed by atoms with van der Waals surface area (Å²) in [7, 11) is 0. The molecule has 3 amide bonds. The molecule has 0 saturated carbocycles. The van der Waals surface area contributed by atoms with Gasteiger partial charge in [0.05, 0.1) is 12.4 Å². The molecule has 0 aliphatic heterocycles. The summed E-state index contributed by atoms with van der Waals surface area (Å²) in [5, 5.41) is 18.4. The molecule has 0 bridgehead atoms. The van der Waals surface area contributed by atoms with Crippen LogP contribution in [0, 0.1) is 5.92 Å². The minimum absolute atomic E-state index is 0.0132. The van der Waals surface area contributed by atoms with Gasteiger partial charge in [-0.15, -0.1) is 0 Å². The Morgan fingerprint density at radius 1 is 1.00 bits per heavy atom. The van der Waals surface area contributed by atoms with E-state index in [9.17, 15) is 24.3 Å². The second-order valence-electron chi connectivity index (χ2n) is 9.32. The average Bonchev–Trinajstić information content (AvgIpc) is 3.55. The summed E-state index contributed by atoms with van der Waals surface area (Å²) in [4.78, 5) is 60.7. The summed E-state index contributed by atoms with van der Waals surface area (Å²) in [6.07, 6.45) is 4.76. The molecule has 0 aliphatic rings. The molecule has 13 heteroatoms. The molecule has 0 aliphatic carbocycles. The van der Waals surface area contributed by atoms with Gasteiger partial charge in [-0.25, -0.2) is 9.78 Å². The summed E-state index contributed by atoms with van der Waals surface area (Å²) in [6, 6.07) is 3.25. The smallest absolute Gasteiger partial charge is 0.326 e. The fourth-order valence-electron chi connectivity index (χ4n) is 3.96. The van der Waals surface area contributed by atoms with Gasteiger partial charge in [0.2, 0.25) is 17.7 Å². The number of aliphatic carboxylic acids is 1. The van der Waals surface area contributed by atoms with Gasteiger partial charge in [-0.1, -0.05) is 32.0 Å². The fraction of sp³-hybridized carbons (Fsp3) is 0.400. The largest absolute Gasteiger partial charge is 0.480 e. The second-order valence-corrected chi connectivity index (χ2v) is 9.69. The molecule has 204 valence electrons. The van der Waals surface area contributed by atoms with E-state index >= 15 is 0 Å². The van der Waals surface area contributed by atoms with E-state index in [0.717, 1.165) is 16.5 Å². The van der Waals surface area contributed by atoms with Gasteiger partial charge in [0, 0.05) is 47.6 Å². The lowest BCUT2D eigenvalue weighted by molar-refractivity contribution is -0.142. The number of nitrogens with two attached hydrogens (primary N) is 1. The molecular weight excluding hydrogens is 510 g/mol. The first-order valence-corrected chi connectivity index (χ1v) is 12.8. The third kappa shape index (κ3) is 7.35. The molecule has 2 aromatic heterocycles. The van der Waals surface area contributed by atoms with E-state index in [1.807, 2.05) is 24.3 Å². The van der Waals surface area contributed by atoms with Gasteiger partial charge in [-0.05, 0) is 17.5 Å². The summed E-state index contributed by atoms with van der Waals surface area (Å²) in [5.74, 6) is -3.36. The summed E-state index contributed by atoms with van der Waals surface area (Å²) in [6.45, 7) is 3.44. The molecule has 0 saturated heterocycles. The number of fused-ring (bicyclic) bond motifs is 1. The third-order valence-corrected chi connectivity index (χ3v) is 6.50. The van der Waals surface area contributed by atoms with Crippen LogP contribution in [0.4, 0.5) is 0 Å². The Labute approximate surface area is 225 Å². The Kier molecular flexibility index (Phi) is 9.91. The standard InChI is InChI=1S/C25H33N7O5S/c1-13(2)21(24(35)31-20(25(36)37)8-15-10-27-12-29-15)32-23(34)19(30-22(33)17(26)11-38)7-14-9-28-18-6-4-3-5-16(14)18/h3-6,9-10,12-13,17,19-21,28,38H,7-8,11,26H2,1-2H3,(H,27,29)(H,30,33)(H,31,35)(H,32,34)(H,36,37). The Morgan fingerprint density at radius 2 is 1.71 bits per heavy atom. The lowest BCUT2D eigenvalue weighted by Crippen LogP contribution is -2.59. The van der Waals surface area contributed by atoms with E-state index in [-0.39, 0.29) is 24.5 Å². The monoisotopic (exact) mass is 543 g/mol. The average molecular weight is 544 g/mol. The SMILES string of the molecule is CC(C)C(NC(=O)C(Cc1c[nH]c2ccccc12)NC(=O)C(N)CS)C(=O)NC(Cc1cnc[nH]1)C(=O)O. The van der Waals surface area contributed by atoms with Crippen LogP contribution in [0.5, 0.6) is 0 Å². The highest BCUT2D eigenvalue weighted by molar-refractivity contribution is 7.80. The highest BCUT2D eigenvalue weighted by atomic mass is 32.1. The van der Waals surface area contributed by atoms with Gasteiger partial charge < -0.3 is 36.8 Å². The number of thiol groups is 1. The van der Waals surface area contributed by atoms with Crippen molar-refractivity contribution in [3.05, 3.63) is 54.2 Å². The van der Waals surface area contributed by atoms with Crippen LogP contribution >= 0.6 is 12.6 Å². The third-order valence-electron chi connectivity index (χ3n) is 6.11. The van der Waals surface area contributed by atoms with Gasteiger partial charge in [0.25, 0.3) is 0 Å². The highest BCUT2D eigenvalue weighted by Crippen LogP contribution is 2.19. The van der Waals surface area contributed by atoms with Gasteiger partial charge >= 0.3 is 5.97 Å². The second kappa shape index (κ2) is 13.1. The van der Waals surface area contributed by atoms with Crippen molar-refractivity contribution in [2.45, 2.75) is 50.9 Å². The lowest BCUT2D eigenvalue weighted by Gasteiger charge is -2.27. The number of carboxylic acids is 1. The van der Waals surface area contributed by atoms with Gasteiger partial charge in [0.15, 0.2) is 0 Å². The Hall–Kier alpha value is -3.84. The highest BCUT2D eigenvalue weighted by Gasteiger charge is 2.32. The zero-order chi connectivity index (χ0) is 27.8. The molecule has 4 atom stereocenters. The summed E-state index contributed by atoms with van der Waals surface area (Å²) >= 11 is 4.06. The first-order valence-electron chi connectivity index (χ1n) is 12.1. The van der Waals surface area contributed by atoms with Crippen LogP contribution in [-0.4, -0.2) is 73.7 Å². The molecule has 3 aromatic rings. The number of carboxylic acid groups (broad SMARTS) is 1. The zero-order valence-electron chi connectivity index (χ0n) is 21.1. The maximum atomic E-state index is 13.4. The number of nitrogens with zero attached hydrogens (tertiary/aromatic N) is 1. The molecule has 12 nitrogen and oxygen atoms in total. The molecule has 0 spiro atoms. The number of carbonyl (C=O) groups excluding carboxylic acids is 3. The van der Waals surface area contributed by atoms with Crippen LogP contribution < -0.4 is 21.7 Å². The number of aromatic amines is 2. The number of aromatic nitrogens is 3. The van der Waals surface area contributed by atoms with Crippen molar-refractivity contribution in [3.63, 3.8) is 0 Å². The maximum Gasteiger partial charge on any atom is 0.326 e. The van der Waals surface area contributed by atoms with Crippen molar-refractivity contribution < 1.29 is 24.3 Å². The number of H-pyrrole nitrogens is 2. The topological polar surface area (TPSA) is 195 Å². The number of nitrogens with one attached hydrogen (secondary N) is 5. The first-order chi connectivity index (χ1) is 18.1. The molecule has 2 heterocycles. The van der Waals surface area contributed by atoms with Gasteiger partial charge in [0.1, 0.15) is 18.1 Å². The Bertz CT molecular complexity index is 1260. The zero-order valence-corrected chi connectivity index (χ0v) is 22.0. The molecule has 38 heavy (non-hydrogen) atoms. The number of rotatable bonds is 13. The van der Waals surface area contributed by atoms with Crippen molar-refractivity contribution in [3.8, 4) is 0 Å². The van der Waals surface area contributed by atoms with Crippen molar-refractivity contribution in [2.24, 2.45) is 11.7 Å². The fourth-order valence-corrected chi connectivity index (χ4v) is 4.12. The van der Waals surface area contributed by atoms with Crippen LogP contribution in [0.1, 0.15) is 25.1 Å². The predicted octanol–water partition coefficient (Wildman–Crippen LogP) is 0.128. The number of carbonyl (C=O) groups is 4. The number of benzene rings is 1. The molecule has 8 N–H and O–H groups in total. The van der Waals surface area contributed by atoms with Crippen LogP contribution in [0.2, 0.25) is 0 Å². The van der Waals surface area contributed by atoms with Crippen LogP contribution in [0.25, 0.3) is 10.9 Å². The molecule has 4 unspecified atom stereocenters. The first kappa shape index (κ1) is 28.7. The van der Waals surface area contributed by atoms with Crippen molar-refractivity contribution in [1.82, 2.24) is 30.9 Å². The molecule has 0 radical (unpaired) electrons. The van der Waals surface area contributed by atoms with Gasteiger partial charge in [-0.2, -0.15) is 12.6 Å². The summed E-state index contributed by atoms with van der Waals surface area (Å²) < 4.78 is 0. The van der Waals surface area contributed by atoms with Crippen LogP contribution in [0.3, 0.4) is 0 Å². The van der Waals surface area contributed by atoms with Crippen molar-refractivity contribution >= 4 is 47.2 Å². The quantitative estimate of drug-likeness (QED) is 0.140.